The SMILES string of the molecule is Cc1nc2sc(C(=O)O[C@@H](C)C(=O)Nc3ccc(C#N)cc3)c(C)c2c(=O)[nH]1. The van der Waals surface area contributed by atoms with Crippen molar-refractivity contribution in [2.24, 2.45) is 0 Å². The monoisotopic (exact) mass is 396 g/mol. The number of benzene rings is 1. The number of aromatic amines is 1. The summed E-state index contributed by atoms with van der Waals surface area (Å²) in [6.07, 6.45) is -1.05. The number of fused-ring (bicyclic) bond motifs is 1. The van der Waals surface area contributed by atoms with Crippen LogP contribution in [-0.4, -0.2) is 27.9 Å². The van der Waals surface area contributed by atoms with Gasteiger partial charge in [-0.05, 0) is 50.6 Å². The van der Waals surface area contributed by atoms with Gasteiger partial charge < -0.3 is 15.0 Å². The fraction of sp³-hybridized carbons (Fsp3) is 0.211. The fourth-order valence-corrected chi connectivity index (χ4v) is 3.70. The molecule has 0 bridgehead atoms. The molecule has 0 aliphatic carbocycles. The maximum absolute atomic E-state index is 12.5. The molecule has 2 heterocycles. The average molecular weight is 396 g/mol. The van der Waals surface area contributed by atoms with Crippen LogP contribution >= 0.6 is 11.3 Å². The number of carbonyl (C=O) groups is 2. The van der Waals surface area contributed by atoms with Crippen molar-refractivity contribution in [3.8, 4) is 6.07 Å². The number of anilines is 1. The second-order valence-electron chi connectivity index (χ2n) is 6.11. The Kier molecular flexibility index (Phi) is 5.24. The van der Waals surface area contributed by atoms with Crippen molar-refractivity contribution in [2.45, 2.75) is 26.9 Å². The third kappa shape index (κ3) is 3.77. The van der Waals surface area contributed by atoms with Crippen LogP contribution in [0, 0.1) is 25.2 Å². The van der Waals surface area contributed by atoms with Gasteiger partial charge in [0.05, 0.1) is 17.0 Å². The summed E-state index contributed by atoms with van der Waals surface area (Å²) in [5.41, 5.74) is 1.10. The average Bonchev–Trinajstić information content (AvgIpc) is 2.98. The number of carbonyl (C=O) groups excluding carboxylic acids is 2. The van der Waals surface area contributed by atoms with Gasteiger partial charge >= 0.3 is 5.97 Å². The highest BCUT2D eigenvalue weighted by atomic mass is 32.1. The highest BCUT2D eigenvalue weighted by Crippen LogP contribution is 2.28. The molecule has 0 spiro atoms. The van der Waals surface area contributed by atoms with Crippen LogP contribution < -0.4 is 10.9 Å². The molecule has 1 amide bonds. The van der Waals surface area contributed by atoms with Crippen LogP contribution in [-0.2, 0) is 9.53 Å². The number of ether oxygens (including phenoxy) is 1. The lowest BCUT2D eigenvalue weighted by atomic mass is 10.2. The van der Waals surface area contributed by atoms with Crippen LogP contribution in [0.1, 0.15) is 33.5 Å². The molecule has 9 heteroatoms. The summed E-state index contributed by atoms with van der Waals surface area (Å²) in [4.78, 5) is 44.4. The third-order valence-corrected chi connectivity index (χ3v) is 5.20. The summed E-state index contributed by atoms with van der Waals surface area (Å²) in [6.45, 7) is 4.75. The number of nitriles is 1. The van der Waals surface area contributed by atoms with Crippen LogP contribution in [0.4, 0.5) is 5.69 Å². The summed E-state index contributed by atoms with van der Waals surface area (Å²) in [5.74, 6) is -0.752. The number of H-pyrrole nitrogens is 1. The zero-order valence-corrected chi connectivity index (χ0v) is 16.1. The number of thiophene rings is 1. The number of nitrogens with one attached hydrogen (secondary N) is 2. The van der Waals surface area contributed by atoms with Crippen molar-refractivity contribution >= 4 is 39.1 Å². The number of amides is 1. The van der Waals surface area contributed by atoms with Crippen LogP contribution in [0.25, 0.3) is 10.2 Å². The van der Waals surface area contributed by atoms with E-state index in [1.54, 1.807) is 38.1 Å². The maximum Gasteiger partial charge on any atom is 0.349 e. The molecule has 2 N–H and O–H groups in total. The topological polar surface area (TPSA) is 125 Å². The Morgan fingerprint density at radius 2 is 1.96 bits per heavy atom. The van der Waals surface area contributed by atoms with Gasteiger partial charge in [0.15, 0.2) is 6.10 Å². The Balaban J connectivity index is 1.75. The highest BCUT2D eigenvalue weighted by Gasteiger charge is 2.24. The van der Waals surface area contributed by atoms with Gasteiger partial charge in [0.2, 0.25) is 0 Å². The molecule has 0 aliphatic rings. The molecule has 0 aliphatic heterocycles. The predicted octanol–water partition coefficient (Wildman–Crippen LogP) is 2.66. The minimum Gasteiger partial charge on any atom is -0.448 e. The molecule has 2 aromatic heterocycles. The first-order valence-electron chi connectivity index (χ1n) is 8.32. The standard InChI is InChI=1S/C19H16N4O4S/c1-9-14-17(25)21-11(3)22-18(14)28-15(9)19(26)27-10(2)16(24)23-13-6-4-12(8-20)5-7-13/h4-7,10H,1-3H3,(H,23,24)(H,21,22,25)/t10-/m0/s1. The van der Waals surface area contributed by atoms with E-state index < -0.39 is 18.0 Å². The first-order chi connectivity index (χ1) is 13.3. The van der Waals surface area contributed by atoms with Crippen LogP contribution in [0.3, 0.4) is 0 Å². The van der Waals surface area contributed by atoms with Gasteiger partial charge in [-0.15, -0.1) is 11.3 Å². The minimum atomic E-state index is -1.05. The lowest BCUT2D eigenvalue weighted by Crippen LogP contribution is -2.29. The Bertz CT molecular complexity index is 1170. The molecule has 142 valence electrons. The van der Waals surface area contributed by atoms with Crippen molar-refractivity contribution in [3.05, 3.63) is 56.4 Å². The van der Waals surface area contributed by atoms with Gasteiger partial charge in [-0.1, -0.05) is 0 Å². The van der Waals surface area contributed by atoms with Gasteiger partial charge in [0.1, 0.15) is 15.5 Å². The summed E-state index contributed by atoms with van der Waals surface area (Å²) in [6, 6.07) is 8.29. The van der Waals surface area contributed by atoms with Crippen LogP contribution in [0.2, 0.25) is 0 Å². The van der Waals surface area contributed by atoms with Gasteiger partial charge in [-0.2, -0.15) is 5.26 Å². The number of esters is 1. The summed E-state index contributed by atoms with van der Waals surface area (Å²) in [5, 5.41) is 11.8. The summed E-state index contributed by atoms with van der Waals surface area (Å²) in [7, 11) is 0. The van der Waals surface area contributed by atoms with Gasteiger partial charge in [0, 0.05) is 5.69 Å². The molecule has 1 aromatic carbocycles. The van der Waals surface area contributed by atoms with E-state index in [-0.39, 0.29) is 10.4 Å². The maximum atomic E-state index is 12.5. The third-order valence-electron chi connectivity index (χ3n) is 4.04. The van der Waals surface area contributed by atoms with E-state index in [1.807, 2.05) is 6.07 Å². The van der Waals surface area contributed by atoms with Gasteiger partial charge in [0.25, 0.3) is 11.5 Å². The molecular formula is C19H16N4O4S. The first-order valence-corrected chi connectivity index (χ1v) is 9.14. The van der Waals surface area contributed by atoms with E-state index in [0.29, 0.717) is 32.9 Å². The smallest absolute Gasteiger partial charge is 0.349 e. The number of aryl methyl sites for hydroxylation is 2. The van der Waals surface area contributed by atoms with Crippen molar-refractivity contribution in [3.63, 3.8) is 0 Å². The highest BCUT2D eigenvalue weighted by molar-refractivity contribution is 7.20. The van der Waals surface area contributed by atoms with Gasteiger partial charge in [-0.3, -0.25) is 9.59 Å². The Hall–Kier alpha value is -3.51. The van der Waals surface area contributed by atoms with Crippen molar-refractivity contribution in [1.29, 1.82) is 5.26 Å². The zero-order valence-electron chi connectivity index (χ0n) is 15.3. The van der Waals surface area contributed by atoms with Gasteiger partial charge in [-0.25, -0.2) is 9.78 Å². The second kappa shape index (κ2) is 7.62. The number of hydrogen-bond acceptors (Lipinski definition) is 7. The Morgan fingerprint density at radius 3 is 2.61 bits per heavy atom. The molecule has 3 rings (SSSR count). The molecule has 1 atom stereocenters. The largest absolute Gasteiger partial charge is 0.448 e. The summed E-state index contributed by atoms with van der Waals surface area (Å²) < 4.78 is 5.26. The molecule has 8 nitrogen and oxygen atoms in total. The molecule has 0 saturated heterocycles. The lowest BCUT2D eigenvalue weighted by Gasteiger charge is -2.13. The normalized spacial score (nSPS) is 11.6. The van der Waals surface area contributed by atoms with E-state index in [9.17, 15) is 14.4 Å². The minimum absolute atomic E-state index is 0.233. The summed E-state index contributed by atoms with van der Waals surface area (Å²) >= 11 is 1.05. The molecule has 0 saturated carbocycles. The molecule has 28 heavy (non-hydrogen) atoms. The lowest BCUT2D eigenvalue weighted by molar-refractivity contribution is -0.123. The number of aromatic nitrogens is 2. The second-order valence-corrected chi connectivity index (χ2v) is 7.11. The van der Waals surface area contributed by atoms with E-state index in [4.69, 9.17) is 10.00 Å². The number of nitrogens with zero attached hydrogens (tertiary/aromatic N) is 2. The van der Waals surface area contributed by atoms with Crippen LogP contribution in [0.5, 0.6) is 0 Å². The molecule has 0 unspecified atom stereocenters. The molecular weight excluding hydrogens is 380 g/mol. The molecule has 0 radical (unpaired) electrons. The Labute approximate surface area is 163 Å². The number of hydrogen-bond donors (Lipinski definition) is 2. The van der Waals surface area contributed by atoms with E-state index in [0.717, 1.165) is 11.3 Å². The van der Waals surface area contributed by atoms with Crippen molar-refractivity contribution < 1.29 is 14.3 Å². The quantitative estimate of drug-likeness (QED) is 0.653. The van der Waals surface area contributed by atoms with E-state index >= 15 is 0 Å². The van der Waals surface area contributed by atoms with Crippen molar-refractivity contribution in [2.75, 3.05) is 5.32 Å². The molecule has 3 aromatic rings. The Morgan fingerprint density at radius 1 is 1.29 bits per heavy atom. The zero-order chi connectivity index (χ0) is 20.4. The molecule has 0 fully saturated rings. The van der Waals surface area contributed by atoms with Crippen molar-refractivity contribution in [1.82, 2.24) is 9.97 Å². The fourth-order valence-electron chi connectivity index (χ4n) is 2.59. The predicted molar refractivity (Wildman–Crippen MR) is 104 cm³/mol. The van der Waals surface area contributed by atoms with E-state index in [2.05, 4.69) is 15.3 Å². The van der Waals surface area contributed by atoms with Crippen LogP contribution in [0.15, 0.2) is 29.1 Å². The number of rotatable bonds is 4. The van der Waals surface area contributed by atoms with E-state index in [1.165, 1.54) is 6.92 Å². The first kappa shape index (κ1) is 19.3.